The minimum Gasteiger partial charge on any atom is -0.384 e. The van der Waals surface area contributed by atoms with E-state index in [4.69, 9.17) is 5.73 Å². The molecule has 5 heteroatoms. The third-order valence-corrected chi connectivity index (χ3v) is 2.75. The highest BCUT2D eigenvalue weighted by molar-refractivity contribution is 5.72. The molecule has 2 N–H and O–H groups in total. The molecule has 0 bridgehead atoms. The molecule has 5 nitrogen and oxygen atoms in total. The summed E-state index contributed by atoms with van der Waals surface area (Å²) in [6.45, 7) is 0.657. The molecule has 2 heterocycles. The van der Waals surface area contributed by atoms with Crippen LogP contribution in [0.4, 0.5) is 5.82 Å². The largest absolute Gasteiger partial charge is 0.384 e. The van der Waals surface area contributed by atoms with Crippen molar-refractivity contribution in [2.45, 2.75) is 13.0 Å². The van der Waals surface area contributed by atoms with Gasteiger partial charge in [-0.05, 0) is 30.2 Å². The lowest BCUT2D eigenvalue weighted by molar-refractivity contribution is 0.555. The summed E-state index contributed by atoms with van der Waals surface area (Å²) in [5.74, 6) is 6.52. The molecule has 0 aliphatic carbocycles. The number of benzene rings is 1. The van der Waals surface area contributed by atoms with Gasteiger partial charge in [-0.1, -0.05) is 24.1 Å². The van der Waals surface area contributed by atoms with Crippen LogP contribution in [0.3, 0.4) is 0 Å². The normalized spacial score (nSPS) is 10.2. The molecule has 0 radical (unpaired) electrons. The number of hydrogen-bond donors (Lipinski definition) is 1. The number of fused-ring (bicyclic) bond motifs is 1. The molecule has 0 aliphatic rings. The molecule has 3 rings (SSSR count). The zero-order chi connectivity index (χ0) is 13.8. The van der Waals surface area contributed by atoms with E-state index < -0.39 is 0 Å². The van der Waals surface area contributed by atoms with Crippen LogP contribution in [0.15, 0.2) is 42.5 Å². The molecular formula is C15H13N5. The summed E-state index contributed by atoms with van der Waals surface area (Å²) in [7, 11) is 0. The zero-order valence-corrected chi connectivity index (χ0v) is 10.8. The van der Waals surface area contributed by atoms with Crippen LogP contribution in [0.5, 0.6) is 0 Å². The molecule has 3 aromatic rings. The molecular weight excluding hydrogens is 250 g/mol. The number of hydrogen-bond acceptors (Lipinski definition) is 4. The number of anilines is 1. The fourth-order valence-electron chi connectivity index (χ4n) is 1.83. The molecule has 2 aromatic heterocycles. The standard InChI is InChI=1S/C15H13N5/c16-15-10-5-7-12(17-15)6-3-4-11-20-18-13-8-1-2-9-14(13)19-20/h1-2,5,7-10H,4,11H2,(H2,16,17). The van der Waals surface area contributed by atoms with Gasteiger partial charge in [0.2, 0.25) is 0 Å². The summed E-state index contributed by atoms with van der Waals surface area (Å²) in [5, 5.41) is 8.75. The maximum absolute atomic E-state index is 5.59. The van der Waals surface area contributed by atoms with Crippen molar-refractivity contribution in [3.05, 3.63) is 48.2 Å². The molecule has 98 valence electrons. The van der Waals surface area contributed by atoms with Gasteiger partial charge >= 0.3 is 0 Å². The zero-order valence-electron chi connectivity index (χ0n) is 10.8. The smallest absolute Gasteiger partial charge is 0.124 e. The van der Waals surface area contributed by atoms with Crippen molar-refractivity contribution in [1.82, 2.24) is 20.0 Å². The number of nitrogens with two attached hydrogens (primary N) is 1. The van der Waals surface area contributed by atoms with Crippen LogP contribution in [-0.2, 0) is 6.54 Å². The third kappa shape index (κ3) is 2.75. The highest BCUT2D eigenvalue weighted by atomic mass is 15.5. The van der Waals surface area contributed by atoms with Crippen molar-refractivity contribution in [3.8, 4) is 11.8 Å². The summed E-state index contributed by atoms with van der Waals surface area (Å²) >= 11 is 0. The molecule has 0 saturated heterocycles. The van der Waals surface area contributed by atoms with E-state index in [9.17, 15) is 0 Å². The molecule has 0 atom stereocenters. The fourth-order valence-corrected chi connectivity index (χ4v) is 1.83. The number of aryl methyl sites for hydroxylation is 1. The first-order chi connectivity index (χ1) is 9.81. The van der Waals surface area contributed by atoms with E-state index in [0.29, 0.717) is 24.5 Å². The van der Waals surface area contributed by atoms with E-state index in [2.05, 4.69) is 27.0 Å². The van der Waals surface area contributed by atoms with Gasteiger partial charge in [0.05, 0.1) is 6.54 Å². The first kappa shape index (κ1) is 12.2. The average Bonchev–Trinajstić information content (AvgIpc) is 2.86. The van der Waals surface area contributed by atoms with Gasteiger partial charge in [0.25, 0.3) is 0 Å². The monoisotopic (exact) mass is 263 g/mol. The van der Waals surface area contributed by atoms with Crippen molar-refractivity contribution in [2.24, 2.45) is 0 Å². The lowest BCUT2D eigenvalue weighted by Gasteiger charge is -1.93. The van der Waals surface area contributed by atoms with Gasteiger partial charge in [-0.2, -0.15) is 15.0 Å². The number of nitrogens with zero attached hydrogens (tertiary/aromatic N) is 4. The van der Waals surface area contributed by atoms with Crippen LogP contribution in [0.2, 0.25) is 0 Å². The first-order valence-electron chi connectivity index (χ1n) is 6.32. The van der Waals surface area contributed by atoms with Crippen molar-refractivity contribution < 1.29 is 0 Å². The van der Waals surface area contributed by atoms with Gasteiger partial charge in [0, 0.05) is 6.42 Å². The Kier molecular flexibility index (Phi) is 3.29. The lowest BCUT2D eigenvalue weighted by Crippen LogP contribution is -2.01. The summed E-state index contributed by atoms with van der Waals surface area (Å²) in [6.07, 6.45) is 0.664. The van der Waals surface area contributed by atoms with Crippen LogP contribution in [0.25, 0.3) is 11.0 Å². The highest BCUT2D eigenvalue weighted by Gasteiger charge is 1.99. The topological polar surface area (TPSA) is 69.6 Å². The number of rotatable bonds is 2. The summed E-state index contributed by atoms with van der Waals surface area (Å²) in [5.41, 5.74) is 8.08. The van der Waals surface area contributed by atoms with E-state index in [-0.39, 0.29) is 0 Å². The van der Waals surface area contributed by atoms with Crippen LogP contribution < -0.4 is 5.73 Å². The maximum atomic E-state index is 5.59. The second-order valence-electron chi connectivity index (χ2n) is 4.28. The maximum Gasteiger partial charge on any atom is 0.124 e. The van der Waals surface area contributed by atoms with Gasteiger partial charge in [0.1, 0.15) is 22.5 Å². The van der Waals surface area contributed by atoms with Gasteiger partial charge in [-0.3, -0.25) is 0 Å². The number of pyridine rings is 1. The second kappa shape index (κ2) is 5.41. The summed E-state index contributed by atoms with van der Waals surface area (Å²) in [6, 6.07) is 13.2. The van der Waals surface area contributed by atoms with Gasteiger partial charge < -0.3 is 5.73 Å². The van der Waals surface area contributed by atoms with Crippen LogP contribution in [0, 0.1) is 11.8 Å². The summed E-state index contributed by atoms with van der Waals surface area (Å²) in [4.78, 5) is 5.79. The van der Waals surface area contributed by atoms with Gasteiger partial charge in [-0.15, -0.1) is 0 Å². The molecule has 0 saturated carbocycles. The molecule has 0 amide bonds. The van der Waals surface area contributed by atoms with Gasteiger partial charge in [-0.25, -0.2) is 4.98 Å². The van der Waals surface area contributed by atoms with E-state index in [1.54, 1.807) is 10.9 Å². The van der Waals surface area contributed by atoms with E-state index in [0.717, 1.165) is 11.0 Å². The van der Waals surface area contributed by atoms with Crippen LogP contribution in [0.1, 0.15) is 12.1 Å². The van der Waals surface area contributed by atoms with E-state index >= 15 is 0 Å². The number of aromatic nitrogens is 4. The van der Waals surface area contributed by atoms with Crippen molar-refractivity contribution in [1.29, 1.82) is 0 Å². The highest BCUT2D eigenvalue weighted by Crippen LogP contribution is 2.07. The van der Waals surface area contributed by atoms with E-state index in [1.807, 2.05) is 36.4 Å². The Bertz CT molecular complexity index is 761. The Morgan fingerprint density at radius 2 is 1.75 bits per heavy atom. The molecule has 1 aromatic carbocycles. The predicted molar refractivity (Wildman–Crippen MR) is 77.7 cm³/mol. The minimum absolute atomic E-state index is 0.483. The van der Waals surface area contributed by atoms with Crippen LogP contribution in [-0.4, -0.2) is 20.0 Å². The minimum atomic E-state index is 0.483. The first-order valence-corrected chi connectivity index (χ1v) is 6.32. The Morgan fingerprint density at radius 3 is 2.45 bits per heavy atom. The van der Waals surface area contributed by atoms with Crippen molar-refractivity contribution in [3.63, 3.8) is 0 Å². The lowest BCUT2D eigenvalue weighted by atomic mass is 10.3. The Hall–Kier alpha value is -2.87. The van der Waals surface area contributed by atoms with Crippen molar-refractivity contribution >= 4 is 16.9 Å². The quantitative estimate of drug-likeness (QED) is 0.716. The van der Waals surface area contributed by atoms with E-state index in [1.165, 1.54) is 0 Å². The third-order valence-electron chi connectivity index (χ3n) is 2.75. The second-order valence-corrected chi connectivity index (χ2v) is 4.28. The summed E-state index contributed by atoms with van der Waals surface area (Å²) < 4.78 is 0. The molecule has 0 aliphatic heterocycles. The Morgan fingerprint density at radius 1 is 1.00 bits per heavy atom. The Labute approximate surface area is 116 Å². The van der Waals surface area contributed by atoms with Crippen LogP contribution >= 0.6 is 0 Å². The predicted octanol–water partition coefficient (Wildman–Crippen LogP) is 1.85. The number of nitrogen functional groups attached to an aromatic ring is 1. The molecule has 0 fully saturated rings. The molecule has 20 heavy (non-hydrogen) atoms. The van der Waals surface area contributed by atoms with Crippen molar-refractivity contribution in [2.75, 3.05) is 5.73 Å². The molecule has 0 unspecified atom stereocenters. The Balaban J connectivity index is 1.65. The fraction of sp³-hybridized carbons (Fsp3) is 0.133. The SMILES string of the molecule is Nc1cccc(C#CCCn2nc3ccccc3n2)n1. The van der Waals surface area contributed by atoms with Gasteiger partial charge in [0.15, 0.2) is 0 Å². The average molecular weight is 263 g/mol. The molecule has 0 spiro atoms.